The Labute approximate surface area is 138 Å². The average Bonchev–Trinajstić information content (AvgIpc) is 2.61. The van der Waals surface area contributed by atoms with E-state index in [1.54, 1.807) is 25.6 Å². The highest BCUT2D eigenvalue weighted by Gasteiger charge is 2.32. The van der Waals surface area contributed by atoms with Crippen molar-refractivity contribution in [1.29, 1.82) is 0 Å². The van der Waals surface area contributed by atoms with Crippen molar-refractivity contribution in [2.45, 2.75) is 38.1 Å². The molecule has 5 nitrogen and oxygen atoms in total. The molecule has 0 bridgehead atoms. The summed E-state index contributed by atoms with van der Waals surface area (Å²) < 4.78 is 5.27. The minimum atomic E-state index is 0.0692. The zero-order chi connectivity index (χ0) is 16.2. The molecule has 2 saturated heterocycles. The molecule has 1 atom stereocenters. The van der Waals surface area contributed by atoms with Gasteiger partial charge in [0.25, 0.3) is 5.91 Å². The molecule has 2 fully saturated rings. The van der Waals surface area contributed by atoms with Gasteiger partial charge in [0, 0.05) is 25.3 Å². The number of carbonyl (C=O) groups is 1. The van der Waals surface area contributed by atoms with E-state index in [4.69, 9.17) is 4.74 Å². The second-order valence-corrected chi connectivity index (χ2v) is 6.75. The van der Waals surface area contributed by atoms with Crippen LogP contribution in [0, 0.1) is 5.92 Å². The number of ether oxygens (including phenoxy) is 1. The van der Waals surface area contributed by atoms with E-state index < -0.39 is 0 Å². The van der Waals surface area contributed by atoms with E-state index in [-0.39, 0.29) is 5.91 Å². The van der Waals surface area contributed by atoms with Gasteiger partial charge in [-0.2, -0.15) is 0 Å². The van der Waals surface area contributed by atoms with Crippen molar-refractivity contribution in [2.24, 2.45) is 5.92 Å². The molecule has 0 radical (unpaired) electrons. The van der Waals surface area contributed by atoms with E-state index in [1.807, 2.05) is 4.90 Å². The number of pyridine rings is 1. The highest BCUT2D eigenvalue weighted by atomic mass is 16.5. The maximum absolute atomic E-state index is 12.7. The first-order valence-corrected chi connectivity index (χ1v) is 8.68. The van der Waals surface area contributed by atoms with Gasteiger partial charge in [0.1, 0.15) is 5.75 Å². The number of methoxy groups -OCH3 is 1. The summed E-state index contributed by atoms with van der Waals surface area (Å²) in [7, 11) is 3.84. The molecule has 3 rings (SSSR count). The normalized spacial score (nSPS) is 23.7. The summed E-state index contributed by atoms with van der Waals surface area (Å²) in [5.74, 6) is 1.36. The Balaban J connectivity index is 1.61. The van der Waals surface area contributed by atoms with Crippen molar-refractivity contribution in [3.63, 3.8) is 0 Å². The summed E-state index contributed by atoms with van der Waals surface area (Å²) in [5.41, 5.74) is 0.621. The van der Waals surface area contributed by atoms with Crippen LogP contribution in [0.1, 0.15) is 42.5 Å². The van der Waals surface area contributed by atoms with Crippen LogP contribution in [0.5, 0.6) is 5.75 Å². The number of likely N-dealkylation sites (tertiary alicyclic amines) is 2. The van der Waals surface area contributed by atoms with Crippen molar-refractivity contribution in [3.05, 3.63) is 24.0 Å². The van der Waals surface area contributed by atoms with Crippen LogP contribution in [0.15, 0.2) is 18.5 Å². The molecule has 5 heteroatoms. The van der Waals surface area contributed by atoms with Gasteiger partial charge in [0.2, 0.25) is 0 Å². The Morgan fingerprint density at radius 1 is 1.22 bits per heavy atom. The Bertz CT molecular complexity index is 541. The van der Waals surface area contributed by atoms with E-state index in [0.29, 0.717) is 17.4 Å². The minimum Gasteiger partial charge on any atom is -0.494 e. The third kappa shape index (κ3) is 3.50. The summed E-state index contributed by atoms with van der Waals surface area (Å²) >= 11 is 0. The number of rotatable bonds is 3. The minimum absolute atomic E-state index is 0.0692. The second-order valence-electron chi connectivity index (χ2n) is 6.75. The molecule has 0 saturated carbocycles. The second kappa shape index (κ2) is 7.30. The zero-order valence-corrected chi connectivity index (χ0v) is 14.2. The quantitative estimate of drug-likeness (QED) is 0.859. The SMILES string of the molecule is COc1cnccc1C(=O)N1CCC(C2CCCCN2C)CC1. The lowest BCUT2D eigenvalue weighted by molar-refractivity contribution is 0.0552. The van der Waals surface area contributed by atoms with Gasteiger partial charge < -0.3 is 14.5 Å². The van der Waals surface area contributed by atoms with E-state index in [1.165, 1.54) is 25.8 Å². The maximum Gasteiger partial charge on any atom is 0.257 e. The maximum atomic E-state index is 12.7. The fourth-order valence-corrected chi connectivity index (χ4v) is 4.07. The third-order valence-corrected chi connectivity index (χ3v) is 5.43. The van der Waals surface area contributed by atoms with Crippen LogP contribution in [-0.2, 0) is 0 Å². The first-order chi connectivity index (χ1) is 11.2. The van der Waals surface area contributed by atoms with Crippen LogP contribution in [0.25, 0.3) is 0 Å². The van der Waals surface area contributed by atoms with Crippen molar-refractivity contribution >= 4 is 5.91 Å². The predicted octanol–water partition coefficient (Wildman–Crippen LogP) is 2.43. The van der Waals surface area contributed by atoms with Crippen LogP contribution in [-0.4, -0.2) is 60.5 Å². The van der Waals surface area contributed by atoms with Gasteiger partial charge in [-0.25, -0.2) is 0 Å². The van der Waals surface area contributed by atoms with Crippen LogP contribution < -0.4 is 4.74 Å². The molecule has 1 amide bonds. The van der Waals surface area contributed by atoms with Crippen molar-refractivity contribution in [1.82, 2.24) is 14.8 Å². The molecule has 1 aromatic heterocycles. The van der Waals surface area contributed by atoms with Crippen LogP contribution >= 0.6 is 0 Å². The molecule has 126 valence electrons. The Kier molecular flexibility index (Phi) is 5.16. The molecule has 0 aromatic carbocycles. The number of hydrogen-bond donors (Lipinski definition) is 0. The van der Waals surface area contributed by atoms with Crippen molar-refractivity contribution in [3.8, 4) is 5.75 Å². The largest absolute Gasteiger partial charge is 0.494 e. The van der Waals surface area contributed by atoms with Crippen molar-refractivity contribution < 1.29 is 9.53 Å². The lowest BCUT2D eigenvalue weighted by atomic mass is 9.84. The molecule has 2 aliphatic rings. The van der Waals surface area contributed by atoms with Gasteiger partial charge in [0.15, 0.2) is 0 Å². The number of carbonyl (C=O) groups excluding carboxylic acids is 1. The topological polar surface area (TPSA) is 45.7 Å². The summed E-state index contributed by atoms with van der Waals surface area (Å²) in [6.07, 6.45) is 9.46. The Morgan fingerprint density at radius 2 is 2.00 bits per heavy atom. The Morgan fingerprint density at radius 3 is 2.70 bits per heavy atom. The van der Waals surface area contributed by atoms with Crippen LogP contribution in [0.4, 0.5) is 0 Å². The fraction of sp³-hybridized carbons (Fsp3) is 0.667. The molecular weight excluding hydrogens is 290 g/mol. The zero-order valence-electron chi connectivity index (χ0n) is 14.2. The number of nitrogens with zero attached hydrogens (tertiary/aromatic N) is 3. The highest BCUT2D eigenvalue weighted by Crippen LogP contribution is 2.30. The molecule has 0 aliphatic carbocycles. The molecule has 2 aliphatic heterocycles. The summed E-state index contributed by atoms with van der Waals surface area (Å²) in [6.45, 7) is 2.91. The number of piperidine rings is 2. The first kappa shape index (κ1) is 16.2. The molecule has 1 unspecified atom stereocenters. The smallest absolute Gasteiger partial charge is 0.257 e. The Hall–Kier alpha value is -1.62. The first-order valence-electron chi connectivity index (χ1n) is 8.68. The standard InChI is InChI=1S/C18H27N3O2/c1-20-10-4-3-5-16(20)14-7-11-21(12-8-14)18(22)15-6-9-19-13-17(15)23-2/h6,9,13-14,16H,3-5,7-8,10-12H2,1-2H3. The van der Waals surface area contributed by atoms with Gasteiger partial charge >= 0.3 is 0 Å². The van der Waals surface area contributed by atoms with E-state index in [2.05, 4.69) is 16.9 Å². The van der Waals surface area contributed by atoms with E-state index in [0.717, 1.165) is 31.8 Å². The van der Waals surface area contributed by atoms with E-state index in [9.17, 15) is 4.79 Å². The number of amides is 1. The predicted molar refractivity (Wildman–Crippen MR) is 89.7 cm³/mol. The van der Waals surface area contributed by atoms with Gasteiger partial charge in [-0.1, -0.05) is 6.42 Å². The van der Waals surface area contributed by atoms with Crippen LogP contribution in [0.3, 0.4) is 0 Å². The molecule has 0 N–H and O–H groups in total. The lowest BCUT2D eigenvalue weighted by Gasteiger charge is -2.42. The van der Waals surface area contributed by atoms with Crippen molar-refractivity contribution in [2.75, 3.05) is 33.8 Å². The monoisotopic (exact) mass is 317 g/mol. The molecule has 1 aromatic rings. The summed E-state index contributed by atoms with van der Waals surface area (Å²) in [5, 5.41) is 0. The summed E-state index contributed by atoms with van der Waals surface area (Å²) in [6, 6.07) is 2.46. The fourth-order valence-electron chi connectivity index (χ4n) is 4.07. The number of aromatic nitrogens is 1. The lowest BCUT2D eigenvalue weighted by Crippen LogP contribution is -2.47. The summed E-state index contributed by atoms with van der Waals surface area (Å²) in [4.78, 5) is 21.3. The van der Waals surface area contributed by atoms with E-state index >= 15 is 0 Å². The van der Waals surface area contributed by atoms with Gasteiger partial charge in [0.05, 0.1) is 18.9 Å². The average molecular weight is 317 g/mol. The van der Waals surface area contributed by atoms with Gasteiger partial charge in [-0.15, -0.1) is 0 Å². The van der Waals surface area contributed by atoms with Gasteiger partial charge in [-0.05, 0) is 51.3 Å². The van der Waals surface area contributed by atoms with Gasteiger partial charge in [-0.3, -0.25) is 9.78 Å². The third-order valence-electron chi connectivity index (χ3n) is 5.43. The molecule has 23 heavy (non-hydrogen) atoms. The number of hydrogen-bond acceptors (Lipinski definition) is 4. The molecule has 0 spiro atoms. The van der Waals surface area contributed by atoms with Crippen LogP contribution in [0.2, 0.25) is 0 Å². The molecular formula is C18H27N3O2. The highest BCUT2D eigenvalue weighted by molar-refractivity contribution is 5.96. The molecule has 3 heterocycles.